The van der Waals surface area contributed by atoms with Crippen LogP contribution in [0.15, 0.2) is 48.5 Å². The van der Waals surface area contributed by atoms with Crippen molar-refractivity contribution in [2.75, 3.05) is 5.32 Å². The predicted molar refractivity (Wildman–Crippen MR) is 97.2 cm³/mol. The standard InChI is InChI=1S/C20H24N2O2/c1-4-15(3)21-20(24)16-9-11-18(12-10-16)22-19(23)13-17-8-6-5-7-14(17)2/h5-12,15H,4,13H2,1-3H3,(H,21,24)(H,22,23). The van der Waals surface area contributed by atoms with Gasteiger partial charge in [0.15, 0.2) is 0 Å². The first-order chi connectivity index (χ1) is 11.5. The Kier molecular flexibility index (Phi) is 6.13. The highest BCUT2D eigenvalue weighted by atomic mass is 16.2. The highest BCUT2D eigenvalue weighted by Gasteiger charge is 2.09. The highest BCUT2D eigenvalue weighted by molar-refractivity contribution is 5.96. The van der Waals surface area contributed by atoms with Crippen molar-refractivity contribution in [3.05, 3.63) is 65.2 Å². The van der Waals surface area contributed by atoms with E-state index in [4.69, 9.17) is 0 Å². The highest BCUT2D eigenvalue weighted by Crippen LogP contribution is 2.12. The Hall–Kier alpha value is -2.62. The molecule has 0 aliphatic heterocycles. The zero-order valence-electron chi connectivity index (χ0n) is 14.4. The van der Waals surface area contributed by atoms with Gasteiger partial charge in [-0.3, -0.25) is 9.59 Å². The van der Waals surface area contributed by atoms with Gasteiger partial charge in [-0.1, -0.05) is 31.2 Å². The zero-order valence-corrected chi connectivity index (χ0v) is 14.4. The minimum atomic E-state index is -0.0952. The van der Waals surface area contributed by atoms with Crippen LogP contribution < -0.4 is 10.6 Å². The van der Waals surface area contributed by atoms with Gasteiger partial charge in [0.2, 0.25) is 5.91 Å². The number of nitrogens with one attached hydrogen (secondary N) is 2. The van der Waals surface area contributed by atoms with E-state index in [0.717, 1.165) is 17.5 Å². The third-order valence-corrected chi connectivity index (χ3v) is 4.03. The number of benzene rings is 2. The van der Waals surface area contributed by atoms with Gasteiger partial charge in [0.25, 0.3) is 5.91 Å². The fraction of sp³-hybridized carbons (Fsp3) is 0.300. The number of aryl methyl sites for hydroxylation is 1. The maximum absolute atomic E-state index is 12.1. The van der Waals surface area contributed by atoms with E-state index in [1.807, 2.05) is 45.0 Å². The van der Waals surface area contributed by atoms with Crippen LogP contribution in [0.1, 0.15) is 41.8 Å². The molecule has 0 fully saturated rings. The maximum atomic E-state index is 12.1. The fourth-order valence-corrected chi connectivity index (χ4v) is 2.30. The normalized spacial score (nSPS) is 11.6. The lowest BCUT2D eigenvalue weighted by molar-refractivity contribution is -0.115. The van der Waals surface area contributed by atoms with Crippen molar-refractivity contribution in [2.45, 2.75) is 39.7 Å². The summed E-state index contributed by atoms with van der Waals surface area (Å²) in [6, 6.07) is 14.9. The molecule has 2 aromatic carbocycles. The zero-order chi connectivity index (χ0) is 17.5. The maximum Gasteiger partial charge on any atom is 0.251 e. The van der Waals surface area contributed by atoms with Crippen LogP contribution >= 0.6 is 0 Å². The lowest BCUT2D eigenvalue weighted by Crippen LogP contribution is -2.31. The number of hydrogen-bond acceptors (Lipinski definition) is 2. The fourth-order valence-electron chi connectivity index (χ4n) is 2.30. The molecule has 0 aromatic heterocycles. The number of amides is 2. The predicted octanol–water partition coefficient (Wildman–Crippen LogP) is 3.70. The number of carbonyl (C=O) groups excluding carboxylic acids is 2. The molecule has 1 atom stereocenters. The summed E-state index contributed by atoms with van der Waals surface area (Å²) in [5, 5.41) is 5.78. The molecule has 126 valence electrons. The molecule has 2 amide bonds. The van der Waals surface area contributed by atoms with E-state index in [-0.39, 0.29) is 17.9 Å². The lowest BCUT2D eigenvalue weighted by atomic mass is 10.1. The van der Waals surface area contributed by atoms with E-state index in [2.05, 4.69) is 10.6 Å². The third-order valence-electron chi connectivity index (χ3n) is 4.03. The molecule has 1 unspecified atom stereocenters. The molecular formula is C20H24N2O2. The summed E-state index contributed by atoms with van der Waals surface area (Å²) < 4.78 is 0. The summed E-state index contributed by atoms with van der Waals surface area (Å²) in [7, 11) is 0. The topological polar surface area (TPSA) is 58.2 Å². The van der Waals surface area contributed by atoms with Gasteiger partial charge in [0.05, 0.1) is 6.42 Å². The molecule has 0 aliphatic carbocycles. The molecule has 0 heterocycles. The van der Waals surface area contributed by atoms with Gasteiger partial charge in [-0.05, 0) is 55.7 Å². The second-order valence-electron chi connectivity index (χ2n) is 6.01. The van der Waals surface area contributed by atoms with Gasteiger partial charge in [-0.15, -0.1) is 0 Å². The van der Waals surface area contributed by atoms with Crippen molar-refractivity contribution in [1.82, 2.24) is 5.32 Å². The Morgan fingerprint density at radius 3 is 2.33 bits per heavy atom. The van der Waals surface area contributed by atoms with Crippen LogP contribution in [-0.2, 0) is 11.2 Å². The minimum Gasteiger partial charge on any atom is -0.350 e. The van der Waals surface area contributed by atoms with Crippen LogP contribution in [-0.4, -0.2) is 17.9 Å². The summed E-state index contributed by atoms with van der Waals surface area (Å²) in [5.74, 6) is -0.164. The van der Waals surface area contributed by atoms with E-state index >= 15 is 0 Å². The lowest BCUT2D eigenvalue weighted by Gasteiger charge is -2.12. The summed E-state index contributed by atoms with van der Waals surface area (Å²) in [6.07, 6.45) is 1.22. The largest absolute Gasteiger partial charge is 0.350 e. The number of rotatable bonds is 6. The van der Waals surface area contributed by atoms with E-state index in [1.54, 1.807) is 24.3 Å². The van der Waals surface area contributed by atoms with Crippen LogP contribution in [0.4, 0.5) is 5.69 Å². The van der Waals surface area contributed by atoms with E-state index in [9.17, 15) is 9.59 Å². The first kappa shape index (κ1) is 17.7. The molecule has 2 aromatic rings. The van der Waals surface area contributed by atoms with Gasteiger partial charge < -0.3 is 10.6 Å². The summed E-state index contributed by atoms with van der Waals surface area (Å²) >= 11 is 0. The molecular weight excluding hydrogens is 300 g/mol. The van der Waals surface area contributed by atoms with Crippen LogP contribution in [0.2, 0.25) is 0 Å². The first-order valence-electron chi connectivity index (χ1n) is 8.25. The van der Waals surface area contributed by atoms with Gasteiger partial charge in [-0.25, -0.2) is 0 Å². The van der Waals surface area contributed by atoms with Crippen LogP contribution in [0.25, 0.3) is 0 Å². The summed E-state index contributed by atoms with van der Waals surface area (Å²) in [6.45, 7) is 5.99. The van der Waals surface area contributed by atoms with Gasteiger partial charge in [0, 0.05) is 17.3 Å². The van der Waals surface area contributed by atoms with E-state index < -0.39 is 0 Å². The smallest absolute Gasteiger partial charge is 0.251 e. The number of carbonyl (C=O) groups is 2. The average Bonchev–Trinajstić information content (AvgIpc) is 2.57. The summed E-state index contributed by atoms with van der Waals surface area (Å²) in [4.78, 5) is 24.2. The monoisotopic (exact) mass is 324 g/mol. The second-order valence-corrected chi connectivity index (χ2v) is 6.01. The number of anilines is 1. The average molecular weight is 324 g/mol. The van der Waals surface area contributed by atoms with Crippen molar-refractivity contribution >= 4 is 17.5 Å². The van der Waals surface area contributed by atoms with E-state index in [0.29, 0.717) is 17.7 Å². The van der Waals surface area contributed by atoms with Crippen molar-refractivity contribution in [3.63, 3.8) is 0 Å². The molecule has 0 radical (unpaired) electrons. The molecule has 2 rings (SSSR count). The third kappa shape index (κ3) is 4.95. The SMILES string of the molecule is CCC(C)NC(=O)c1ccc(NC(=O)Cc2ccccc2C)cc1. The molecule has 0 saturated carbocycles. The number of hydrogen-bond donors (Lipinski definition) is 2. The summed E-state index contributed by atoms with van der Waals surface area (Å²) in [5.41, 5.74) is 3.39. The van der Waals surface area contributed by atoms with Crippen molar-refractivity contribution < 1.29 is 9.59 Å². The Labute approximate surface area is 143 Å². The molecule has 0 saturated heterocycles. The van der Waals surface area contributed by atoms with Gasteiger partial charge in [-0.2, -0.15) is 0 Å². The van der Waals surface area contributed by atoms with Crippen LogP contribution in [0.3, 0.4) is 0 Å². The van der Waals surface area contributed by atoms with Crippen molar-refractivity contribution in [1.29, 1.82) is 0 Å². The Morgan fingerprint density at radius 1 is 1.04 bits per heavy atom. The van der Waals surface area contributed by atoms with Gasteiger partial charge in [0.1, 0.15) is 0 Å². The molecule has 2 N–H and O–H groups in total. The molecule has 0 aliphatic rings. The Bertz CT molecular complexity index is 708. The molecule has 0 bridgehead atoms. The minimum absolute atomic E-state index is 0.0684. The second kappa shape index (κ2) is 8.29. The Morgan fingerprint density at radius 2 is 1.71 bits per heavy atom. The van der Waals surface area contributed by atoms with Gasteiger partial charge >= 0.3 is 0 Å². The van der Waals surface area contributed by atoms with E-state index in [1.165, 1.54) is 0 Å². The molecule has 24 heavy (non-hydrogen) atoms. The Balaban J connectivity index is 1.95. The molecule has 0 spiro atoms. The van der Waals surface area contributed by atoms with Crippen LogP contribution in [0, 0.1) is 6.92 Å². The van der Waals surface area contributed by atoms with Crippen molar-refractivity contribution in [2.24, 2.45) is 0 Å². The van der Waals surface area contributed by atoms with Crippen molar-refractivity contribution in [3.8, 4) is 0 Å². The molecule has 4 heteroatoms. The molecule has 4 nitrogen and oxygen atoms in total. The van der Waals surface area contributed by atoms with Crippen LogP contribution in [0.5, 0.6) is 0 Å². The first-order valence-corrected chi connectivity index (χ1v) is 8.25. The quantitative estimate of drug-likeness (QED) is 0.851.